The second kappa shape index (κ2) is 8.35. The van der Waals surface area contributed by atoms with Gasteiger partial charge in [0.05, 0.1) is 18.5 Å². The molecule has 1 heterocycles. The van der Waals surface area contributed by atoms with Crippen molar-refractivity contribution >= 4 is 11.8 Å². The van der Waals surface area contributed by atoms with E-state index in [9.17, 15) is 4.79 Å². The predicted octanol–water partition coefficient (Wildman–Crippen LogP) is 2.57. The zero-order chi connectivity index (χ0) is 15.0. The highest BCUT2D eigenvalue weighted by Crippen LogP contribution is 2.13. The maximum Gasteiger partial charge on any atom is 0.303 e. The number of hydrogen-bond acceptors (Lipinski definition) is 5. The van der Waals surface area contributed by atoms with Gasteiger partial charge in [0.25, 0.3) is 0 Å². The first-order chi connectivity index (χ1) is 9.47. The summed E-state index contributed by atoms with van der Waals surface area (Å²) in [5.41, 5.74) is 0. The summed E-state index contributed by atoms with van der Waals surface area (Å²) >= 11 is 0. The molecule has 0 spiro atoms. The summed E-state index contributed by atoms with van der Waals surface area (Å²) in [5, 5.41) is 11.8. The maximum atomic E-state index is 10.5. The van der Waals surface area contributed by atoms with Gasteiger partial charge >= 0.3 is 5.97 Å². The molecule has 2 N–H and O–H groups in total. The number of carboxylic acid groups (broad SMARTS) is 1. The fraction of sp³-hybridized carbons (Fsp3) is 0.643. The van der Waals surface area contributed by atoms with Gasteiger partial charge in [0.2, 0.25) is 5.88 Å². The van der Waals surface area contributed by atoms with Crippen molar-refractivity contribution < 1.29 is 14.6 Å². The highest BCUT2D eigenvalue weighted by atomic mass is 16.5. The summed E-state index contributed by atoms with van der Waals surface area (Å²) in [6.45, 7) is 6.66. The highest BCUT2D eigenvalue weighted by Gasteiger charge is 2.06. The summed E-state index contributed by atoms with van der Waals surface area (Å²) in [5.74, 6) is 0.799. The first kappa shape index (κ1) is 16.2. The van der Waals surface area contributed by atoms with E-state index in [0.29, 0.717) is 24.0 Å². The minimum absolute atomic E-state index is 0.0654. The van der Waals surface area contributed by atoms with Crippen molar-refractivity contribution in [2.24, 2.45) is 5.92 Å². The van der Waals surface area contributed by atoms with Gasteiger partial charge in [-0.1, -0.05) is 6.92 Å². The number of aromatic nitrogens is 2. The molecular formula is C14H23N3O3. The van der Waals surface area contributed by atoms with Gasteiger partial charge in [0, 0.05) is 13.0 Å². The number of nitrogens with one attached hydrogen (secondary N) is 1. The Kier molecular flexibility index (Phi) is 6.76. The quantitative estimate of drug-likeness (QED) is 0.723. The van der Waals surface area contributed by atoms with Gasteiger partial charge in [-0.2, -0.15) is 4.98 Å². The van der Waals surface area contributed by atoms with E-state index < -0.39 is 5.97 Å². The lowest BCUT2D eigenvalue weighted by atomic mass is 10.0. The Bertz CT molecular complexity index is 424. The van der Waals surface area contributed by atoms with Crippen LogP contribution in [0.3, 0.4) is 0 Å². The number of nitrogens with zero attached hydrogens (tertiary/aromatic N) is 2. The molecule has 0 saturated heterocycles. The number of aliphatic carboxylic acids is 1. The summed E-state index contributed by atoms with van der Waals surface area (Å²) in [7, 11) is 0. The zero-order valence-corrected chi connectivity index (χ0v) is 12.3. The van der Waals surface area contributed by atoms with Crippen molar-refractivity contribution in [3.63, 3.8) is 0 Å². The molecule has 0 radical (unpaired) electrons. The van der Waals surface area contributed by atoms with Gasteiger partial charge in [-0.3, -0.25) is 9.78 Å². The SMILES string of the molecule is CC(CCNc1cncc(OC(C)C)n1)CCC(=O)O. The van der Waals surface area contributed by atoms with Crippen LogP contribution in [0.4, 0.5) is 5.82 Å². The number of carbonyl (C=O) groups is 1. The summed E-state index contributed by atoms with van der Waals surface area (Å²) in [6, 6.07) is 0. The van der Waals surface area contributed by atoms with Crippen LogP contribution in [0, 0.1) is 5.92 Å². The number of rotatable bonds is 9. The molecule has 0 aromatic carbocycles. The number of carboxylic acids is 1. The molecule has 0 aliphatic heterocycles. The molecule has 0 amide bonds. The molecule has 0 saturated carbocycles. The zero-order valence-electron chi connectivity index (χ0n) is 12.3. The van der Waals surface area contributed by atoms with Crippen molar-refractivity contribution in [3.8, 4) is 5.88 Å². The summed E-state index contributed by atoms with van der Waals surface area (Å²) in [6.07, 6.45) is 5.10. The fourth-order valence-corrected chi connectivity index (χ4v) is 1.69. The molecule has 1 rings (SSSR count). The topological polar surface area (TPSA) is 84.3 Å². The lowest BCUT2D eigenvalue weighted by Gasteiger charge is -2.12. The first-order valence-corrected chi connectivity index (χ1v) is 6.91. The van der Waals surface area contributed by atoms with Crippen LogP contribution in [0.1, 0.15) is 40.0 Å². The second-order valence-electron chi connectivity index (χ2n) is 5.16. The Morgan fingerprint density at radius 1 is 1.35 bits per heavy atom. The Hall–Kier alpha value is -1.85. The third-order valence-electron chi connectivity index (χ3n) is 2.76. The van der Waals surface area contributed by atoms with Crippen LogP contribution in [-0.2, 0) is 4.79 Å². The molecule has 112 valence electrons. The van der Waals surface area contributed by atoms with E-state index in [-0.39, 0.29) is 12.5 Å². The fourth-order valence-electron chi connectivity index (χ4n) is 1.69. The van der Waals surface area contributed by atoms with Gasteiger partial charge in [-0.25, -0.2) is 0 Å². The van der Waals surface area contributed by atoms with E-state index in [4.69, 9.17) is 9.84 Å². The van der Waals surface area contributed by atoms with Gasteiger partial charge in [0.1, 0.15) is 5.82 Å². The van der Waals surface area contributed by atoms with Gasteiger partial charge in [-0.15, -0.1) is 0 Å². The third-order valence-corrected chi connectivity index (χ3v) is 2.76. The van der Waals surface area contributed by atoms with Crippen LogP contribution in [0.2, 0.25) is 0 Å². The molecule has 1 atom stereocenters. The lowest BCUT2D eigenvalue weighted by molar-refractivity contribution is -0.137. The smallest absolute Gasteiger partial charge is 0.303 e. The van der Waals surface area contributed by atoms with E-state index in [1.807, 2.05) is 13.8 Å². The van der Waals surface area contributed by atoms with Crippen LogP contribution in [0.25, 0.3) is 0 Å². The standard InChI is InChI=1S/C14H23N3O3/c1-10(2)20-13-9-15-8-12(17-13)16-7-6-11(3)4-5-14(18)19/h8-11H,4-7H2,1-3H3,(H,16,17)(H,18,19). The van der Waals surface area contributed by atoms with Crippen LogP contribution in [0.15, 0.2) is 12.4 Å². The molecule has 1 aromatic rings. The van der Waals surface area contributed by atoms with Crippen molar-refractivity contribution in [1.29, 1.82) is 0 Å². The predicted molar refractivity (Wildman–Crippen MR) is 76.9 cm³/mol. The average molecular weight is 281 g/mol. The van der Waals surface area contributed by atoms with E-state index in [1.165, 1.54) is 0 Å². The Balaban J connectivity index is 2.32. The van der Waals surface area contributed by atoms with Gasteiger partial charge in [0.15, 0.2) is 0 Å². The van der Waals surface area contributed by atoms with Crippen molar-refractivity contribution in [3.05, 3.63) is 12.4 Å². The molecule has 1 unspecified atom stereocenters. The number of ether oxygens (including phenoxy) is 1. The monoisotopic (exact) mass is 281 g/mol. The third kappa shape index (κ3) is 6.92. The summed E-state index contributed by atoms with van der Waals surface area (Å²) in [4.78, 5) is 18.8. The normalized spacial score (nSPS) is 12.2. The largest absolute Gasteiger partial charge is 0.481 e. The van der Waals surface area contributed by atoms with Gasteiger partial charge in [-0.05, 0) is 32.6 Å². The van der Waals surface area contributed by atoms with Crippen LogP contribution >= 0.6 is 0 Å². The van der Waals surface area contributed by atoms with Crippen LogP contribution in [0.5, 0.6) is 5.88 Å². The molecule has 20 heavy (non-hydrogen) atoms. The number of anilines is 1. The molecule has 1 aromatic heterocycles. The van der Waals surface area contributed by atoms with Gasteiger partial charge < -0.3 is 15.2 Å². The van der Waals surface area contributed by atoms with Crippen molar-refractivity contribution in [1.82, 2.24) is 9.97 Å². The highest BCUT2D eigenvalue weighted by molar-refractivity contribution is 5.66. The number of hydrogen-bond donors (Lipinski definition) is 2. The minimum Gasteiger partial charge on any atom is -0.481 e. The molecular weight excluding hydrogens is 258 g/mol. The molecule has 0 aliphatic rings. The average Bonchev–Trinajstić information content (AvgIpc) is 2.36. The van der Waals surface area contributed by atoms with E-state index >= 15 is 0 Å². The Labute approximate surface area is 119 Å². The summed E-state index contributed by atoms with van der Waals surface area (Å²) < 4.78 is 5.47. The molecule has 0 aliphatic carbocycles. The lowest BCUT2D eigenvalue weighted by Crippen LogP contribution is -2.11. The van der Waals surface area contributed by atoms with Crippen molar-refractivity contribution in [2.75, 3.05) is 11.9 Å². The Morgan fingerprint density at radius 3 is 2.75 bits per heavy atom. The first-order valence-electron chi connectivity index (χ1n) is 6.91. The molecule has 6 nitrogen and oxygen atoms in total. The Morgan fingerprint density at radius 2 is 2.10 bits per heavy atom. The van der Waals surface area contributed by atoms with E-state index in [2.05, 4.69) is 22.2 Å². The molecule has 0 bridgehead atoms. The molecule has 0 fully saturated rings. The van der Waals surface area contributed by atoms with Crippen LogP contribution in [-0.4, -0.2) is 33.7 Å². The second-order valence-corrected chi connectivity index (χ2v) is 5.16. The maximum absolute atomic E-state index is 10.5. The van der Waals surface area contributed by atoms with E-state index in [1.54, 1.807) is 12.4 Å². The van der Waals surface area contributed by atoms with Crippen LogP contribution < -0.4 is 10.1 Å². The molecule has 6 heteroatoms. The minimum atomic E-state index is -0.741. The van der Waals surface area contributed by atoms with E-state index in [0.717, 1.165) is 13.0 Å². The van der Waals surface area contributed by atoms with Crippen molar-refractivity contribution in [2.45, 2.75) is 46.1 Å².